The minimum absolute atomic E-state index is 0.456. The van der Waals surface area contributed by atoms with Crippen LogP contribution < -0.4 is 5.32 Å². The quantitative estimate of drug-likeness (QED) is 0.785. The third-order valence-corrected chi connectivity index (χ3v) is 6.17. The second-order valence-electron chi connectivity index (χ2n) is 8.75. The molecule has 0 spiro atoms. The summed E-state index contributed by atoms with van der Waals surface area (Å²) < 4.78 is 0. The molecule has 0 aromatic rings. The van der Waals surface area contributed by atoms with E-state index in [9.17, 15) is 0 Å². The van der Waals surface area contributed by atoms with E-state index in [0.717, 1.165) is 23.9 Å². The van der Waals surface area contributed by atoms with Gasteiger partial charge in [-0.3, -0.25) is 4.90 Å². The fraction of sp³-hybridized carbons (Fsp3) is 1.00. The van der Waals surface area contributed by atoms with Crippen LogP contribution in [0.3, 0.4) is 0 Å². The molecule has 2 saturated carbocycles. The van der Waals surface area contributed by atoms with Gasteiger partial charge in [-0.1, -0.05) is 27.7 Å². The van der Waals surface area contributed by atoms with Gasteiger partial charge in [0.1, 0.15) is 0 Å². The van der Waals surface area contributed by atoms with E-state index in [2.05, 4.69) is 51.9 Å². The van der Waals surface area contributed by atoms with Crippen molar-refractivity contribution in [3.05, 3.63) is 0 Å². The van der Waals surface area contributed by atoms with Crippen molar-refractivity contribution in [2.45, 2.75) is 91.3 Å². The zero-order valence-electron chi connectivity index (χ0n) is 15.3. The summed E-state index contributed by atoms with van der Waals surface area (Å²) in [5, 5.41) is 3.85. The van der Waals surface area contributed by atoms with Gasteiger partial charge < -0.3 is 5.32 Å². The molecule has 124 valence electrons. The van der Waals surface area contributed by atoms with Crippen molar-refractivity contribution in [2.75, 3.05) is 13.6 Å². The third-order valence-electron chi connectivity index (χ3n) is 6.17. The number of rotatable bonds is 6. The molecule has 4 unspecified atom stereocenters. The van der Waals surface area contributed by atoms with Gasteiger partial charge in [-0.05, 0) is 76.3 Å². The molecule has 0 aromatic carbocycles. The molecule has 2 fully saturated rings. The van der Waals surface area contributed by atoms with Gasteiger partial charge in [-0.2, -0.15) is 0 Å². The summed E-state index contributed by atoms with van der Waals surface area (Å²) in [6.45, 7) is 13.2. The molecule has 2 aliphatic carbocycles. The highest BCUT2D eigenvalue weighted by molar-refractivity contribution is 4.96. The Labute approximate surface area is 133 Å². The van der Waals surface area contributed by atoms with Crippen molar-refractivity contribution >= 4 is 0 Å². The van der Waals surface area contributed by atoms with E-state index in [4.69, 9.17) is 0 Å². The van der Waals surface area contributed by atoms with E-state index >= 15 is 0 Å². The first-order valence-electron chi connectivity index (χ1n) is 9.30. The monoisotopic (exact) mass is 294 g/mol. The number of nitrogens with one attached hydrogen (secondary N) is 1. The lowest BCUT2D eigenvalue weighted by atomic mass is 9.69. The van der Waals surface area contributed by atoms with E-state index in [1.165, 1.54) is 45.1 Å². The van der Waals surface area contributed by atoms with Crippen LogP contribution in [-0.4, -0.2) is 36.6 Å². The van der Waals surface area contributed by atoms with Crippen molar-refractivity contribution in [3.8, 4) is 0 Å². The van der Waals surface area contributed by atoms with Crippen molar-refractivity contribution in [1.82, 2.24) is 10.2 Å². The first-order valence-corrected chi connectivity index (χ1v) is 9.30. The summed E-state index contributed by atoms with van der Waals surface area (Å²) in [5.74, 6) is 1.84. The van der Waals surface area contributed by atoms with Crippen LogP contribution in [0.5, 0.6) is 0 Å². The maximum absolute atomic E-state index is 3.85. The second-order valence-corrected chi connectivity index (χ2v) is 8.75. The van der Waals surface area contributed by atoms with E-state index < -0.39 is 0 Å². The Balaban J connectivity index is 2.04. The first kappa shape index (κ1) is 17.3. The number of hydrogen-bond acceptors (Lipinski definition) is 2. The molecule has 2 nitrogen and oxygen atoms in total. The molecule has 2 rings (SSSR count). The normalized spacial score (nSPS) is 32.4. The van der Waals surface area contributed by atoms with Crippen molar-refractivity contribution in [2.24, 2.45) is 17.3 Å². The molecular formula is C19H38N2. The van der Waals surface area contributed by atoms with Crippen molar-refractivity contribution in [3.63, 3.8) is 0 Å². The fourth-order valence-electron chi connectivity index (χ4n) is 4.16. The van der Waals surface area contributed by atoms with Crippen LogP contribution in [0.15, 0.2) is 0 Å². The van der Waals surface area contributed by atoms with Crippen LogP contribution in [0.2, 0.25) is 0 Å². The Kier molecular flexibility index (Phi) is 5.76. The molecule has 2 heteroatoms. The minimum atomic E-state index is 0.456. The third kappa shape index (κ3) is 4.45. The van der Waals surface area contributed by atoms with Gasteiger partial charge in [-0.25, -0.2) is 0 Å². The maximum Gasteiger partial charge on any atom is 0.0252 e. The molecule has 0 aliphatic heterocycles. The lowest BCUT2D eigenvalue weighted by Gasteiger charge is -2.47. The van der Waals surface area contributed by atoms with Gasteiger partial charge in [0.05, 0.1) is 0 Å². The van der Waals surface area contributed by atoms with E-state index in [0.29, 0.717) is 11.5 Å². The highest BCUT2D eigenvalue weighted by atomic mass is 15.2. The predicted molar refractivity (Wildman–Crippen MR) is 92.6 cm³/mol. The van der Waals surface area contributed by atoms with Crippen molar-refractivity contribution < 1.29 is 0 Å². The summed E-state index contributed by atoms with van der Waals surface area (Å²) in [6, 6.07) is 2.19. The standard InChI is InChI=1S/C19H38N2/c1-7-12-20-17-11-10-16(19(3,4)5)13-18(17)21(6)14(2)15-8-9-15/h14-18,20H,7-13H2,1-6H3. The van der Waals surface area contributed by atoms with Gasteiger partial charge in [0.15, 0.2) is 0 Å². The van der Waals surface area contributed by atoms with Crippen LogP contribution >= 0.6 is 0 Å². The molecular weight excluding hydrogens is 256 g/mol. The Morgan fingerprint density at radius 2 is 1.81 bits per heavy atom. The van der Waals surface area contributed by atoms with Crippen molar-refractivity contribution in [1.29, 1.82) is 0 Å². The first-order chi connectivity index (χ1) is 9.84. The Bertz CT molecular complexity index is 316. The number of likely N-dealkylation sites (N-methyl/N-ethyl adjacent to an activating group) is 1. The zero-order chi connectivity index (χ0) is 15.6. The highest BCUT2D eigenvalue weighted by Crippen LogP contribution is 2.42. The lowest BCUT2D eigenvalue weighted by Crippen LogP contribution is -2.55. The van der Waals surface area contributed by atoms with Crippen LogP contribution in [-0.2, 0) is 0 Å². The molecule has 21 heavy (non-hydrogen) atoms. The minimum Gasteiger partial charge on any atom is -0.312 e. The summed E-state index contributed by atoms with van der Waals surface area (Å²) in [6.07, 6.45) is 8.27. The molecule has 0 amide bonds. The summed E-state index contributed by atoms with van der Waals surface area (Å²) in [4.78, 5) is 2.73. The highest BCUT2D eigenvalue weighted by Gasteiger charge is 2.41. The molecule has 0 heterocycles. The van der Waals surface area contributed by atoms with E-state index in [1.807, 2.05) is 0 Å². The van der Waals surface area contributed by atoms with Gasteiger partial charge in [0.25, 0.3) is 0 Å². The summed E-state index contributed by atoms with van der Waals surface area (Å²) >= 11 is 0. The smallest absolute Gasteiger partial charge is 0.0252 e. The van der Waals surface area contributed by atoms with Crippen LogP contribution in [0.1, 0.15) is 73.1 Å². The molecule has 2 aliphatic rings. The number of nitrogens with zero attached hydrogens (tertiary/aromatic N) is 1. The average Bonchev–Trinajstić information content (AvgIpc) is 3.26. The zero-order valence-corrected chi connectivity index (χ0v) is 15.3. The Hall–Kier alpha value is -0.0800. The lowest BCUT2D eigenvalue weighted by molar-refractivity contribution is 0.0482. The molecule has 0 saturated heterocycles. The van der Waals surface area contributed by atoms with Crippen LogP contribution in [0.25, 0.3) is 0 Å². The topological polar surface area (TPSA) is 15.3 Å². The van der Waals surface area contributed by atoms with Crippen LogP contribution in [0.4, 0.5) is 0 Å². The molecule has 0 radical (unpaired) electrons. The Morgan fingerprint density at radius 3 is 2.33 bits per heavy atom. The maximum atomic E-state index is 3.85. The Morgan fingerprint density at radius 1 is 1.14 bits per heavy atom. The predicted octanol–water partition coefficient (Wildman–Crippen LogP) is 4.30. The van der Waals surface area contributed by atoms with Gasteiger partial charge in [0, 0.05) is 18.1 Å². The molecule has 0 aromatic heterocycles. The van der Waals surface area contributed by atoms with Gasteiger partial charge >= 0.3 is 0 Å². The molecule has 1 N–H and O–H groups in total. The van der Waals surface area contributed by atoms with E-state index in [-0.39, 0.29) is 0 Å². The number of hydrogen-bond donors (Lipinski definition) is 1. The molecule has 0 bridgehead atoms. The average molecular weight is 295 g/mol. The molecule has 4 atom stereocenters. The summed E-state index contributed by atoms with van der Waals surface area (Å²) in [7, 11) is 2.39. The van der Waals surface area contributed by atoms with Gasteiger partial charge in [-0.15, -0.1) is 0 Å². The van der Waals surface area contributed by atoms with E-state index in [1.54, 1.807) is 0 Å². The van der Waals surface area contributed by atoms with Crippen LogP contribution in [0, 0.1) is 17.3 Å². The summed E-state index contributed by atoms with van der Waals surface area (Å²) in [5.41, 5.74) is 0.456. The SMILES string of the molecule is CCCNC1CCC(C(C)(C)C)CC1N(C)C(C)C1CC1. The largest absolute Gasteiger partial charge is 0.312 e. The fourth-order valence-corrected chi connectivity index (χ4v) is 4.16. The second kappa shape index (κ2) is 7.00. The van der Waals surface area contributed by atoms with Gasteiger partial charge in [0.2, 0.25) is 0 Å².